The highest BCUT2D eigenvalue weighted by molar-refractivity contribution is 8.15. The maximum absolute atomic E-state index is 11.8. The number of hydrogen-bond acceptors (Lipinski definition) is 5. The first kappa shape index (κ1) is 15.0. The number of methoxy groups -OCH3 is 1. The monoisotopic (exact) mass is 273 g/mol. The van der Waals surface area contributed by atoms with Crippen LogP contribution in [0.1, 0.15) is 12.8 Å². The molecule has 1 aliphatic rings. The molecule has 1 heterocycles. The predicted octanol–water partition coefficient (Wildman–Crippen LogP) is 0.0888. The number of ether oxygens (including phenoxy) is 1. The van der Waals surface area contributed by atoms with Crippen molar-refractivity contribution in [2.75, 3.05) is 34.4 Å². The van der Waals surface area contributed by atoms with Gasteiger partial charge in [-0.1, -0.05) is 11.8 Å². The quantitative estimate of drug-likeness (QED) is 0.696. The van der Waals surface area contributed by atoms with Gasteiger partial charge in [-0.3, -0.25) is 19.5 Å². The molecule has 0 aliphatic carbocycles. The Morgan fingerprint density at radius 3 is 2.89 bits per heavy atom. The molecule has 0 unspecified atom stereocenters. The fraction of sp³-hybridized carbons (Fsp3) is 0.727. The molecule has 1 N–H and O–H groups in total. The highest BCUT2D eigenvalue weighted by Crippen LogP contribution is 2.27. The van der Waals surface area contributed by atoms with Gasteiger partial charge in [0.25, 0.3) is 0 Å². The van der Waals surface area contributed by atoms with Gasteiger partial charge in [0, 0.05) is 40.8 Å². The summed E-state index contributed by atoms with van der Waals surface area (Å²) in [5.41, 5.74) is 0. The summed E-state index contributed by atoms with van der Waals surface area (Å²) in [6.07, 6.45) is 0.968. The normalized spacial score (nSPS) is 21.7. The lowest BCUT2D eigenvalue weighted by molar-refractivity contribution is -0.128. The molecule has 1 atom stereocenters. The second kappa shape index (κ2) is 7.38. The molecule has 1 saturated heterocycles. The number of nitrogens with zero attached hydrogens (tertiary/aromatic N) is 2. The maximum atomic E-state index is 11.8. The van der Waals surface area contributed by atoms with Gasteiger partial charge in [-0.25, -0.2) is 0 Å². The predicted molar refractivity (Wildman–Crippen MR) is 71.6 cm³/mol. The van der Waals surface area contributed by atoms with E-state index in [4.69, 9.17) is 4.74 Å². The summed E-state index contributed by atoms with van der Waals surface area (Å²) in [6.45, 7) is 1.19. The van der Waals surface area contributed by atoms with Crippen LogP contribution in [0.3, 0.4) is 0 Å². The molecule has 2 amide bonds. The molecular formula is C11H19N3O3S. The smallest absolute Gasteiger partial charge is 0.242 e. The van der Waals surface area contributed by atoms with E-state index >= 15 is 0 Å². The molecule has 0 saturated carbocycles. The van der Waals surface area contributed by atoms with Gasteiger partial charge in [-0.15, -0.1) is 0 Å². The van der Waals surface area contributed by atoms with Crippen molar-refractivity contribution >= 4 is 28.7 Å². The van der Waals surface area contributed by atoms with Crippen molar-refractivity contribution < 1.29 is 14.3 Å². The van der Waals surface area contributed by atoms with Crippen LogP contribution in [-0.2, 0) is 14.3 Å². The van der Waals surface area contributed by atoms with Crippen molar-refractivity contribution in [3.8, 4) is 0 Å². The number of amidine groups is 1. The van der Waals surface area contributed by atoms with Crippen LogP contribution in [-0.4, -0.2) is 61.5 Å². The van der Waals surface area contributed by atoms with Crippen LogP contribution in [0.5, 0.6) is 0 Å². The average Bonchev–Trinajstić information content (AvgIpc) is 2.62. The van der Waals surface area contributed by atoms with Crippen LogP contribution >= 0.6 is 11.8 Å². The number of nitrogens with one attached hydrogen (secondary N) is 1. The van der Waals surface area contributed by atoms with Crippen LogP contribution < -0.4 is 5.32 Å². The summed E-state index contributed by atoms with van der Waals surface area (Å²) < 4.78 is 4.88. The van der Waals surface area contributed by atoms with Gasteiger partial charge in [0.15, 0.2) is 5.17 Å². The van der Waals surface area contributed by atoms with Crippen molar-refractivity contribution in [2.24, 2.45) is 4.99 Å². The molecule has 0 bridgehead atoms. The van der Waals surface area contributed by atoms with E-state index in [1.165, 1.54) is 16.7 Å². The van der Waals surface area contributed by atoms with Crippen molar-refractivity contribution in [1.29, 1.82) is 0 Å². The molecule has 0 radical (unpaired) electrons. The largest absolute Gasteiger partial charge is 0.385 e. The fourth-order valence-electron chi connectivity index (χ4n) is 1.58. The van der Waals surface area contributed by atoms with E-state index < -0.39 is 0 Å². The van der Waals surface area contributed by atoms with Gasteiger partial charge >= 0.3 is 0 Å². The Kier molecular flexibility index (Phi) is 6.14. The highest BCUT2D eigenvalue weighted by atomic mass is 32.2. The SMILES string of the molecule is CN=C1S[C@H](CC(=O)NCCCOC)C(=O)N1C. The Morgan fingerprint density at radius 2 is 2.33 bits per heavy atom. The molecule has 0 aromatic carbocycles. The minimum Gasteiger partial charge on any atom is -0.385 e. The van der Waals surface area contributed by atoms with Crippen molar-refractivity contribution in [3.05, 3.63) is 0 Å². The Bertz CT molecular complexity index is 346. The summed E-state index contributed by atoms with van der Waals surface area (Å²) >= 11 is 1.34. The van der Waals surface area contributed by atoms with E-state index in [1.807, 2.05) is 0 Å². The van der Waals surface area contributed by atoms with Gasteiger partial charge in [-0.05, 0) is 6.42 Å². The number of hydrogen-bond donors (Lipinski definition) is 1. The van der Waals surface area contributed by atoms with Gasteiger partial charge < -0.3 is 10.1 Å². The van der Waals surface area contributed by atoms with E-state index in [9.17, 15) is 9.59 Å². The third-order valence-electron chi connectivity index (χ3n) is 2.55. The Morgan fingerprint density at radius 1 is 1.61 bits per heavy atom. The van der Waals surface area contributed by atoms with Gasteiger partial charge in [-0.2, -0.15) is 0 Å². The third-order valence-corrected chi connectivity index (χ3v) is 3.87. The minimum absolute atomic E-state index is 0.0624. The molecule has 7 heteroatoms. The lowest BCUT2D eigenvalue weighted by atomic mass is 10.2. The lowest BCUT2D eigenvalue weighted by Gasteiger charge is -2.08. The summed E-state index contributed by atoms with van der Waals surface area (Å²) in [4.78, 5) is 28.9. The van der Waals surface area contributed by atoms with Crippen LogP contribution in [0, 0.1) is 0 Å². The number of rotatable bonds is 6. The zero-order valence-corrected chi connectivity index (χ0v) is 11.7. The Hall–Kier alpha value is -1.08. The molecule has 0 aromatic rings. The van der Waals surface area contributed by atoms with Crippen molar-refractivity contribution in [1.82, 2.24) is 10.2 Å². The zero-order valence-electron chi connectivity index (χ0n) is 10.9. The van der Waals surface area contributed by atoms with Crippen molar-refractivity contribution in [3.63, 3.8) is 0 Å². The second-order valence-electron chi connectivity index (χ2n) is 3.91. The van der Waals surface area contributed by atoms with E-state index in [0.29, 0.717) is 18.3 Å². The van der Waals surface area contributed by atoms with Gasteiger partial charge in [0.1, 0.15) is 5.25 Å². The first-order valence-electron chi connectivity index (χ1n) is 5.76. The lowest BCUT2D eigenvalue weighted by Crippen LogP contribution is -2.33. The first-order chi connectivity index (χ1) is 8.60. The molecule has 1 rings (SSSR count). The summed E-state index contributed by atoms with van der Waals surface area (Å²) in [6, 6.07) is 0. The summed E-state index contributed by atoms with van der Waals surface area (Å²) in [5.74, 6) is -0.171. The van der Waals surface area contributed by atoms with Crippen LogP contribution in [0.15, 0.2) is 4.99 Å². The molecule has 6 nitrogen and oxygen atoms in total. The number of thioether (sulfide) groups is 1. The molecule has 1 fully saturated rings. The standard InChI is InChI=1S/C11H19N3O3S/c1-12-11-14(2)10(16)8(18-11)7-9(15)13-5-4-6-17-3/h8H,4-7H2,1-3H3,(H,13,15)/t8-/m1/s1. The Balaban J connectivity index is 2.35. The minimum atomic E-state index is -0.351. The molecule has 1 aliphatic heterocycles. The van der Waals surface area contributed by atoms with E-state index in [0.717, 1.165) is 6.42 Å². The maximum Gasteiger partial charge on any atom is 0.242 e. The molecular weight excluding hydrogens is 254 g/mol. The molecule has 0 spiro atoms. The summed E-state index contributed by atoms with van der Waals surface area (Å²) in [7, 11) is 4.94. The van der Waals surface area contributed by atoms with Crippen LogP contribution in [0.4, 0.5) is 0 Å². The summed E-state index contributed by atoms with van der Waals surface area (Å²) in [5, 5.41) is 3.08. The molecule has 102 valence electrons. The van der Waals surface area contributed by atoms with Gasteiger partial charge in [0.05, 0.1) is 0 Å². The number of carbonyl (C=O) groups excluding carboxylic acids is 2. The average molecular weight is 273 g/mol. The van der Waals surface area contributed by atoms with Crippen molar-refractivity contribution in [2.45, 2.75) is 18.1 Å². The molecule has 18 heavy (non-hydrogen) atoms. The fourth-order valence-corrected chi connectivity index (χ4v) is 2.69. The Labute approximate surface area is 111 Å². The molecule has 0 aromatic heterocycles. The number of amides is 2. The van der Waals surface area contributed by atoms with E-state index in [-0.39, 0.29) is 23.5 Å². The third kappa shape index (κ3) is 3.99. The first-order valence-corrected chi connectivity index (χ1v) is 6.64. The number of carbonyl (C=O) groups is 2. The van der Waals surface area contributed by atoms with Crippen LogP contribution in [0.25, 0.3) is 0 Å². The topological polar surface area (TPSA) is 71.0 Å². The zero-order chi connectivity index (χ0) is 13.5. The van der Waals surface area contributed by atoms with E-state index in [2.05, 4.69) is 10.3 Å². The van der Waals surface area contributed by atoms with Gasteiger partial charge in [0.2, 0.25) is 11.8 Å². The number of aliphatic imine (C=N–C) groups is 1. The van der Waals surface area contributed by atoms with E-state index in [1.54, 1.807) is 21.2 Å². The second-order valence-corrected chi connectivity index (χ2v) is 5.08. The highest BCUT2D eigenvalue weighted by Gasteiger charge is 2.36. The van der Waals surface area contributed by atoms with Crippen LogP contribution in [0.2, 0.25) is 0 Å².